The summed E-state index contributed by atoms with van der Waals surface area (Å²) in [5.41, 5.74) is 7.14. The minimum atomic E-state index is -0.138. The molecule has 1 aliphatic carbocycles. The van der Waals surface area contributed by atoms with Gasteiger partial charge in [-0.3, -0.25) is 9.69 Å². The maximum Gasteiger partial charge on any atom is 0.252 e. The molecule has 0 radical (unpaired) electrons. The van der Waals surface area contributed by atoms with Crippen molar-refractivity contribution in [2.45, 2.75) is 63.3 Å². The van der Waals surface area contributed by atoms with E-state index in [9.17, 15) is 9.90 Å². The predicted octanol–water partition coefficient (Wildman–Crippen LogP) is 5.74. The maximum atomic E-state index is 14.4. The van der Waals surface area contributed by atoms with Crippen LogP contribution in [-0.4, -0.2) is 64.1 Å². The fraction of sp³-hybridized carbons (Fsp3) is 0.389. The van der Waals surface area contributed by atoms with Gasteiger partial charge in [0, 0.05) is 42.2 Å². The lowest BCUT2D eigenvalue weighted by Crippen LogP contribution is -2.48. The van der Waals surface area contributed by atoms with Crippen molar-refractivity contribution in [2.75, 3.05) is 26.2 Å². The van der Waals surface area contributed by atoms with E-state index in [1.165, 1.54) is 11.1 Å². The molecule has 1 atom stereocenters. The van der Waals surface area contributed by atoms with E-state index in [2.05, 4.69) is 57.6 Å². The Morgan fingerprint density at radius 3 is 2.36 bits per heavy atom. The highest BCUT2D eigenvalue weighted by Gasteiger charge is 2.31. The number of carbonyl (C=O) groups excluding carboxylic acids is 1. The summed E-state index contributed by atoms with van der Waals surface area (Å²) in [6, 6.07) is 27.5. The molecule has 3 heterocycles. The van der Waals surface area contributed by atoms with Gasteiger partial charge in [0.15, 0.2) is 0 Å². The summed E-state index contributed by atoms with van der Waals surface area (Å²) in [6.45, 7) is 4.65. The minimum Gasteiger partial charge on any atom is -0.393 e. The summed E-state index contributed by atoms with van der Waals surface area (Å²) in [5.74, 6) is -0.00996. The summed E-state index contributed by atoms with van der Waals surface area (Å²) < 4.78 is 0. The van der Waals surface area contributed by atoms with Crippen molar-refractivity contribution in [1.82, 2.24) is 20.1 Å². The number of benzene rings is 3. The fourth-order valence-electron chi connectivity index (χ4n) is 7.35. The fourth-order valence-corrected chi connectivity index (χ4v) is 7.35. The molecule has 3 aromatic carbocycles. The second-order valence-corrected chi connectivity index (χ2v) is 12.2. The van der Waals surface area contributed by atoms with Crippen molar-refractivity contribution in [3.05, 3.63) is 101 Å². The van der Waals surface area contributed by atoms with Crippen molar-refractivity contribution in [3.63, 3.8) is 0 Å². The quantitative estimate of drug-likeness (QED) is 0.315. The molecule has 0 bridgehead atoms. The predicted molar refractivity (Wildman–Crippen MR) is 167 cm³/mol. The smallest absolute Gasteiger partial charge is 0.252 e. The van der Waals surface area contributed by atoms with Crippen LogP contribution in [0.4, 0.5) is 0 Å². The van der Waals surface area contributed by atoms with Gasteiger partial charge in [-0.15, -0.1) is 0 Å². The van der Waals surface area contributed by atoms with Crippen LogP contribution >= 0.6 is 0 Å². The lowest BCUT2D eigenvalue weighted by molar-refractivity contribution is 0.0375. The van der Waals surface area contributed by atoms with Gasteiger partial charge in [-0.1, -0.05) is 72.8 Å². The van der Waals surface area contributed by atoms with Gasteiger partial charge in [-0.25, -0.2) is 4.98 Å². The van der Waals surface area contributed by atoms with Gasteiger partial charge in [0.25, 0.3) is 5.91 Å². The average Bonchev–Trinajstić information content (AvgIpc) is 3.44. The van der Waals surface area contributed by atoms with Gasteiger partial charge in [0.2, 0.25) is 0 Å². The van der Waals surface area contributed by atoms with E-state index in [4.69, 9.17) is 4.98 Å². The van der Waals surface area contributed by atoms with Crippen LogP contribution in [0.15, 0.2) is 78.9 Å². The number of hydrogen-bond acceptors (Lipinski definition) is 5. The first-order valence-electron chi connectivity index (χ1n) is 15.6. The number of amides is 1. The number of fused-ring (bicyclic) bond motifs is 2. The molecule has 2 aliphatic heterocycles. The summed E-state index contributed by atoms with van der Waals surface area (Å²) in [7, 11) is 0. The molecule has 42 heavy (non-hydrogen) atoms. The SMILES string of the molecule is O=C(NC1CCc2ccccc21)c1c(CN2CCC(N3CCC(O)CC3)CC2)c(-c2ccccc2)nc2ccccc12. The zero-order valence-corrected chi connectivity index (χ0v) is 24.2. The van der Waals surface area contributed by atoms with E-state index in [1.54, 1.807) is 0 Å². The van der Waals surface area contributed by atoms with Gasteiger partial charge in [-0.05, 0) is 68.8 Å². The number of nitrogens with zero attached hydrogens (tertiary/aromatic N) is 3. The molecule has 2 fully saturated rings. The molecular formula is C36H40N4O2. The maximum absolute atomic E-state index is 14.4. The van der Waals surface area contributed by atoms with Crippen molar-refractivity contribution in [2.24, 2.45) is 0 Å². The number of piperidine rings is 2. The van der Waals surface area contributed by atoms with Crippen molar-refractivity contribution >= 4 is 16.8 Å². The molecule has 0 saturated carbocycles. The first kappa shape index (κ1) is 27.3. The van der Waals surface area contributed by atoms with E-state index >= 15 is 0 Å². The highest BCUT2D eigenvalue weighted by atomic mass is 16.3. The molecule has 2 N–H and O–H groups in total. The Morgan fingerprint density at radius 2 is 1.55 bits per heavy atom. The number of hydrogen-bond donors (Lipinski definition) is 2. The van der Waals surface area contributed by atoms with Gasteiger partial charge < -0.3 is 15.3 Å². The molecule has 2 saturated heterocycles. The Morgan fingerprint density at radius 1 is 0.833 bits per heavy atom. The highest BCUT2D eigenvalue weighted by molar-refractivity contribution is 6.09. The first-order chi connectivity index (χ1) is 20.6. The third-order valence-corrected chi connectivity index (χ3v) is 9.66. The van der Waals surface area contributed by atoms with Crippen LogP contribution in [-0.2, 0) is 13.0 Å². The summed E-state index contributed by atoms with van der Waals surface area (Å²) in [5, 5.41) is 14.3. The second kappa shape index (κ2) is 12.0. The number of nitrogens with one attached hydrogen (secondary N) is 1. The number of aliphatic hydroxyl groups excluding tert-OH is 1. The molecule has 0 spiro atoms. The minimum absolute atomic E-state index is 0.00996. The van der Waals surface area contributed by atoms with Gasteiger partial charge in [-0.2, -0.15) is 0 Å². The second-order valence-electron chi connectivity index (χ2n) is 12.2. The van der Waals surface area contributed by atoms with Gasteiger partial charge in [0.05, 0.1) is 28.9 Å². The summed E-state index contributed by atoms with van der Waals surface area (Å²) in [6.07, 6.45) is 5.76. The third-order valence-electron chi connectivity index (χ3n) is 9.66. The largest absolute Gasteiger partial charge is 0.393 e. The number of aliphatic hydroxyl groups is 1. The first-order valence-corrected chi connectivity index (χ1v) is 15.6. The molecule has 1 unspecified atom stereocenters. The average molecular weight is 561 g/mol. The number of aromatic nitrogens is 1. The molecule has 3 aliphatic rings. The Bertz CT molecular complexity index is 1560. The monoisotopic (exact) mass is 560 g/mol. The topological polar surface area (TPSA) is 68.7 Å². The number of pyridine rings is 1. The van der Waals surface area contributed by atoms with E-state index in [1.807, 2.05) is 36.4 Å². The van der Waals surface area contributed by atoms with Gasteiger partial charge >= 0.3 is 0 Å². The summed E-state index contributed by atoms with van der Waals surface area (Å²) >= 11 is 0. The number of carbonyl (C=O) groups is 1. The number of para-hydroxylation sites is 1. The molecule has 216 valence electrons. The lowest BCUT2D eigenvalue weighted by Gasteiger charge is -2.41. The van der Waals surface area contributed by atoms with Crippen LogP contribution in [0.25, 0.3) is 22.2 Å². The van der Waals surface area contributed by atoms with Crippen LogP contribution in [0, 0.1) is 0 Å². The Labute approximate surface area is 248 Å². The van der Waals surface area contributed by atoms with E-state index < -0.39 is 0 Å². The van der Waals surface area contributed by atoms with Crippen LogP contribution in [0.3, 0.4) is 0 Å². The zero-order chi connectivity index (χ0) is 28.5. The molecule has 1 aromatic heterocycles. The number of aryl methyl sites for hydroxylation is 1. The molecule has 6 nitrogen and oxygen atoms in total. The molecule has 4 aromatic rings. The van der Waals surface area contributed by atoms with Crippen molar-refractivity contribution in [3.8, 4) is 11.3 Å². The Balaban J connectivity index is 1.22. The van der Waals surface area contributed by atoms with Gasteiger partial charge in [0.1, 0.15) is 0 Å². The van der Waals surface area contributed by atoms with Crippen LogP contribution in [0.5, 0.6) is 0 Å². The molecular weight excluding hydrogens is 520 g/mol. The van der Waals surface area contributed by atoms with E-state index in [0.717, 1.165) is 98.0 Å². The molecule has 7 rings (SSSR count). The van der Waals surface area contributed by atoms with E-state index in [-0.39, 0.29) is 18.1 Å². The highest BCUT2D eigenvalue weighted by Crippen LogP contribution is 2.35. The zero-order valence-electron chi connectivity index (χ0n) is 24.2. The standard InChI is InChI=1S/C36H40N4O2/c41-28-18-22-40(23-19-28)27-16-20-39(21-17-27)24-31-34(36(42)38-33-15-14-25-8-4-5-11-29(25)33)30-12-6-7-13-32(30)37-35(31)26-9-2-1-3-10-26/h1-13,27-28,33,41H,14-24H2,(H,38,42). The van der Waals surface area contributed by atoms with Crippen molar-refractivity contribution < 1.29 is 9.90 Å². The third kappa shape index (κ3) is 5.47. The Kier molecular flexibility index (Phi) is 7.76. The Hall–Kier alpha value is -3.58. The normalized spacial score (nSPS) is 20.5. The van der Waals surface area contributed by atoms with Crippen LogP contribution in [0.1, 0.15) is 65.2 Å². The number of likely N-dealkylation sites (tertiary alicyclic amines) is 2. The lowest BCUT2D eigenvalue weighted by atomic mass is 9.93. The van der Waals surface area contributed by atoms with Crippen LogP contribution < -0.4 is 5.32 Å². The number of rotatable bonds is 6. The van der Waals surface area contributed by atoms with Crippen LogP contribution in [0.2, 0.25) is 0 Å². The van der Waals surface area contributed by atoms with E-state index in [0.29, 0.717) is 12.6 Å². The molecule has 6 heteroatoms. The molecule has 1 amide bonds. The summed E-state index contributed by atoms with van der Waals surface area (Å²) in [4.78, 5) is 24.6. The van der Waals surface area contributed by atoms with Crippen molar-refractivity contribution in [1.29, 1.82) is 0 Å².